The first-order valence-corrected chi connectivity index (χ1v) is 2.64. The average molecular weight is 124 g/mol. The van der Waals surface area contributed by atoms with E-state index in [9.17, 15) is 5.21 Å². The van der Waals surface area contributed by atoms with Crippen LogP contribution in [0.5, 0.6) is 0 Å². The van der Waals surface area contributed by atoms with Crippen molar-refractivity contribution in [2.24, 2.45) is 0 Å². The molecule has 0 fully saturated rings. The highest BCUT2D eigenvalue weighted by molar-refractivity contribution is 5.56. The van der Waals surface area contributed by atoms with Crippen LogP contribution in [0.3, 0.4) is 0 Å². The summed E-state index contributed by atoms with van der Waals surface area (Å²) in [5.74, 6) is 0. The fraction of sp³-hybridized carbons (Fsp3) is 0. The lowest BCUT2D eigenvalue weighted by atomic mass is 10.3. The number of hydrogen-bond acceptors (Lipinski definition) is 2. The molecule has 0 aromatic heterocycles. The standard InChI is InChI=1S/C6H8N2O/c7-5-3-1-2-4-6(5)8-9/h1-4H,7-8H2. The molecule has 0 unspecified atom stereocenters. The molecule has 3 heteroatoms. The van der Waals surface area contributed by atoms with Crippen LogP contribution in [0.4, 0.5) is 11.4 Å². The summed E-state index contributed by atoms with van der Waals surface area (Å²) in [6.45, 7) is 0. The summed E-state index contributed by atoms with van der Waals surface area (Å²) in [6.07, 6.45) is 0. The Bertz CT molecular complexity index is 200. The Morgan fingerprint density at radius 3 is 2.44 bits per heavy atom. The number of anilines is 1. The Hall–Kier alpha value is -1.06. The zero-order chi connectivity index (χ0) is 6.69. The second-order valence-electron chi connectivity index (χ2n) is 1.75. The highest BCUT2D eigenvalue weighted by Gasteiger charge is 1.92. The molecule has 0 spiro atoms. The summed E-state index contributed by atoms with van der Waals surface area (Å²) in [6, 6.07) is 6.95. The molecule has 0 aliphatic heterocycles. The Morgan fingerprint density at radius 2 is 2.00 bits per heavy atom. The van der Waals surface area contributed by atoms with E-state index in [4.69, 9.17) is 5.73 Å². The monoisotopic (exact) mass is 124 g/mol. The predicted octanol–water partition coefficient (Wildman–Crippen LogP) is -0.0385. The van der Waals surface area contributed by atoms with E-state index in [1.54, 1.807) is 24.3 Å². The molecule has 4 N–H and O–H groups in total. The molecule has 3 nitrogen and oxygen atoms in total. The summed E-state index contributed by atoms with van der Waals surface area (Å²) >= 11 is 0. The minimum atomic E-state index is 0.535. The molecule has 0 aliphatic rings. The minimum Gasteiger partial charge on any atom is -0.630 e. The minimum absolute atomic E-state index is 0.535. The molecule has 48 valence electrons. The van der Waals surface area contributed by atoms with Gasteiger partial charge in [-0.1, -0.05) is 12.1 Å². The summed E-state index contributed by atoms with van der Waals surface area (Å²) in [4.78, 5) is 0. The van der Waals surface area contributed by atoms with E-state index >= 15 is 0 Å². The van der Waals surface area contributed by atoms with E-state index in [0.717, 1.165) is 5.48 Å². The normalized spacial score (nSPS) is 9.44. The van der Waals surface area contributed by atoms with Gasteiger partial charge in [0.2, 0.25) is 0 Å². The van der Waals surface area contributed by atoms with Crippen molar-refractivity contribution in [3.63, 3.8) is 0 Å². The summed E-state index contributed by atoms with van der Waals surface area (Å²) in [5, 5.41) is 10.1. The largest absolute Gasteiger partial charge is 0.630 e. The summed E-state index contributed by atoms with van der Waals surface area (Å²) in [7, 11) is 0. The van der Waals surface area contributed by atoms with Crippen molar-refractivity contribution in [3.05, 3.63) is 29.5 Å². The van der Waals surface area contributed by atoms with Gasteiger partial charge in [-0.3, -0.25) is 0 Å². The first-order valence-electron chi connectivity index (χ1n) is 2.64. The molecular formula is C6H8N2O. The van der Waals surface area contributed by atoms with Crippen LogP contribution in [0.2, 0.25) is 0 Å². The number of para-hydroxylation sites is 1. The van der Waals surface area contributed by atoms with Crippen molar-refractivity contribution in [1.29, 1.82) is 0 Å². The van der Waals surface area contributed by atoms with Gasteiger partial charge in [0, 0.05) is 6.07 Å². The average Bonchev–Trinajstić information content (AvgIpc) is 1.89. The molecule has 0 bridgehead atoms. The van der Waals surface area contributed by atoms with Crippen molar-refractivity contribution < 1.29 is 5.48 Å². The van der Waals surface area contributed by atoms with Gasteiger partial charge in [0.25, 0.3) is 0 Å². The maximum atomic E-state index is 10.1. The zero-order valence-electron chi connectivity index (χ0n) is 4.87. The smallest absolute Gasteiger partial charge is 0.152 e. The van der Waals surface area contributed by atoms with Gasteiger partial charge in [0.05, 0.1) is 5.69 Å². The number of benzene rings is 1. The Kier molecular flexibility index (Phi) is 1.67. The van der Waals surface area contributed by atoms with Gasteiger partial charge >= 0.3 is 0 Å². The first kappa shape index (κ1) is 6.07. The highest BCUT2D eigenvalue weighted by atomic mass is 16.5. The Labute approximate surface area is 53.1 Å². The van der Waals surface area contributed by atoms with Crippen LogP contribution in [0.25, 0.3) is 0 Å². The quantitative estimate of drug-likeness (QED) is 0.407. The number of rotatable bonds is 1. The molecule has 0 heterocycles. The van der Waals surface area contributed by atoms with E-state index in [2.05, 4.69) is 0 Å². The van der Waals surface area contributed by atoms with Gasteiger partial charge in [-0.05, 0) is 6.07 Å². The summed E-state index contributed by atoms with van der Waals surface area (Å²) < 4.78 is 0. The zero-order valence-corrected chi connectivity index (χ0v) is 4.87. The fourth-order valence-corrected chi connectivity index (χ4v) is 0.618. The van der Waals surface area contributed by atoms with Crippen LogP contribution in [0.1, 0.15) is 0 Å². The van der Waals surface area contributed by atoms with Crippen LogP contribution in [-0.2, 0) is 0 Å². The van der Waals surface area contributed by atoms with Crippen molar-refractivity contribution in [2.45, 2.75) is 0 Å². The molecule has 0 aliphatic carbocycles. The van der Waals surface area contributed by atoms with Gasteiger partial charge in [-0.25, -0.2) is 0 Å². The Balaban J connectivity index is 3.01. The third-order valence-corrected chi connectivity index (χ3v) is 1.12. The fourth-order valence-electron chi connectivity index (χ4n) is 0.618. The van der Waals surface area contributed by atoms with Crippen LogP contribution in [0.15, 0.2) is 24.3 Å². The van der Waals surface area contributed by atoms with Crippen molar-refractivity contribution in [3.8, 4) is 0 Å². The Morgan fingerprint density at radius 1 is 1.33 bits per heavy atom. The van der Waals surface area contributed by atoms with E-state index in [1.807, 2.05) is 0 Å². The molecular weight excluding hydrogens is 116 g/mol. The lowest BCUT2D eigenvalue weighted by Crippen LogP contribution is -2.70. The lowest BCUT2D eigenvalue weighted by Gasteiger charge is -2.02. The molecule has 0 atom stereocenters. The second kappa shape index (κ2) is 2.48. The van der Waals surface area contributed by atoms with E-state index in [-0.39, 0.29) is 0 Å². The van der Waals surface area contributed by atoms with Gasteiger partial charge in [-0.15, -0.1) is 0 Å². The van der Waals surface area contributed by atoms with Crippen LogP contribution < -0.4 is 11.2 Å². The maximum absolute atomic E-state index is 10.1. The number of hydrogen-bond donors (Lipinski definition) is 2. The lowest BCUT2D eigenvalue weighted by molar-refractivity contribution is -0.496. The molecule has 1 rings (SSSR count). The maximum Gasteiger partial charge on any atom is 0.152 e. The third kappa shape index (κ3) is 1.19. The van der Waals surface area contributed by atoms with Crippen molar-refractivity contribution in [2.75, 3.05) is 5.73 Å². The molecule has 1 aromatic rings. The second-order valence-corrected chi connectivity index (χ2v) is 1.75. The number of nitrogen functional groups attached to an aromatic ring is 1. The predicted molar refractivity (Wildman–Crippen MR) is 35.8 cm³/mol. The van der Waals surface area contributed by atoms with E-state index in [1.165, 1.54) is 0 Å². The third-order valence-electron chi connectivity index (χ3n) is 1.12. The van der Waals surface area contributed by atoms with Crippen molar-refractivity contribution in [1.82, 2.24) is 0 Å². The molecule has 0 saturated heterocycles. The SMILES string of the molecule is Nc1ccccc1[NH2+][O-]. The molecule has 1 aromatic carbocycles. The molecule has 0 radical (unpaired) electrons. The van der Waals surface area contributed by atoms with Gasteiger partial charge in [-0.2, -0.15) is 0 Å². The van der Waals surface area contributed by atoms with Crippen LogP contribution >= 0.6 is 0 Å². The van der Waals surface area contributed by atoms with Crippen molar-refractivity contribution >= 4 is 11.4 Å². The number of nitrogens with two attached hydrogens (primary N) is 2. The number of quaternary nitrogens is 1. The molecule has 0 amide bonds. The van der Waals surface area contributed by atoms with Gasteiger partial charge in [0.1, 0.15) is 0 Å². The van der Waals surface area contributed by atoms with Crippen LogP contribution in [-0.4, -0.2) is 0 Å². The molecule has 9 heavy (non-hydrogen) atoms. The van der Waals surface area contributed by atoms with E-state index < -0.39 is 0 Å². The van der Waals surface area contributed by atoms with Gasteiger partial charge < -0.3 is 16.4 Å². The van der Waals surface area contributed by atoms with Gasteiger partial charge in [0.15, 0.2) is 5.69 Å². The topological polar surface area (TPSA) is 65.7 Å². The summed E-state index contributed by atoms with van der Waals surface area (Å²) in [5.41, 5.74) is 7.23. The van der Waals surface area contributed by atoms with Crippen LogP contribution in [0, 0.1) is 5.21 Å². The first-order chi connectivity index (χ1) is 4.34. The molecule has 0 saturated carbocycles. The highest BCUT2D eigenvalue weighted by Crippen LogP contribution is 2.09. The van der Waals surface area contributed by atoms with E-state index in [0.29, 0.717) is 11.4 Å².